The Morgan fingerprint density at radius 1 is 1.40 bits per heavy atom. The molecule has 1 aliphatic rings. The molecule has 1 atom stereocenters. The topological polar surface area (TPSA) is 37.4 Å². The van der Waals surface area contributed by atoms with E-state index in [2.05, 4.69) is 34.7 Å². The van der Waals surface area contributed by atoms with Gasteiger partial charge < -0.3 is 15.0 Å². The molecule has 1 aromatic carbocycles. The fourth-order valence-electron chi connectivity index (χ4n) is 2.26. The molecular weight excluding hydrogens is 270 g/mol. The number of nitrogens with one attached hydrogen (secondary N) is 1. The van der Waals surface area contributed by atoms with Gasteiger partial charge in [-0.1, -0.05) is 18.2 Å². The predicted octanol–water partition coefficient (Wildman–Crippen LogP) is 2.82. The highest BCUT2D eigenvalue weighted by Gasteiger charge is 2.18. The molecule has 5 heteroatoms. The third kappa shape index (κ3) is 2.64. The van der Waals surface area contributed by atoms with Gasteiger partial charge in [0.1, 0.15) is 12.4 Å². The van der Waals surface area contributed by atoms with Gasteiger partial charge in [0.2, 0.25) is 0 Å². The Hall–Kier alpha value is -1.59. The molecule has 2 heterocycles. The van der Waals surface area contributed by atoms with Gasteiger partial charge in [0.05, 0.1) is 12.2 Å². The van der Waals surface area contributed by atoms with Gasteiger partial charge in [0, 0.05) is 23.5 Å². The number of aromatic nitrogens is 1. The molecule has 0 saturated carbocycles. The molecule has 4 nitrogen and oxygen atoms in total. The van der Waals surface area contributed by atoms with Crippen molar-refractivity contribution in [1.29, 1.82) is 0 Å². The summed E-state index contributed by atoms with van der Waals surface area (Å²) in [7, 11) is 1.96. The zero-order valence-corrected chi connectivity index (χ0v) is 12.6. The number of anilines is 1. The summed E-state index contributed by atoms with van der Waals surface area (Å²) >= 11 is 1.70. The Morgan fingerprint density at radius 3 is 3.10 bits per heavy atom. The molecule has 0 radical (unpaired) electrons. The van der Waals surface area contributed by atoms with Crippen molar-refractivity contribution in [2.75, 3.05) is 25.1 Å². The first-order chi connectivity index (χ1) is 9.78. The highest BCUT2D eigenvalue weighted by Crippen LogP contribution is 2.29. The molecule has 0 aliphatic carbocycles. The summed E-state index contributed by atoms with van der Waals surface area (Å²) < 4.78 is 5.80. The summed E-state index contributed by atoms with van der Waals surface area (Å²) in [5.74, 6) is 0.996. The van der Waals surface area contributed by atoms with Crippen LogP contribution in [0.25, 0.3) is 0 Å². The van der Waals surface area contributed by atoms with E-state index in [1.807, 2.05) is 19.2 Å². The molecule has 1 unspecified atom stereocenters. The second-order valence-corrected chi connectivity index (χ2v) is 5.78. The fourth-order valence-corrected chi connectivity index (χ4v) is 3.20. The minimum Gasteiger partial charge on any atom is -0.491 e. The maximum absolute atomic E-state index is 5.80. The van der Waals surface area contributed by atoms with Crippen molar-refractivity contribution in [2.24, 2.45) is 0 Å². The van der Waals surface area contributed by atoms with E-state index in [9.17, 15) is 0 Å². The minimum absolute atomic E-state index is 0.288. The number of benzene rings is 1. The maximum atomic E-state index is 5.80. The number of hydrogen-bond donors (Lipinski definition) is 1. The third-order valence-electron chi connectivity index (χ3n) is 3.61. The molecule has 0 spiro atoms. The summed E-state index contributed by atoms with van der Waals surface area (Å²) in [5.41, 5.74) is 2.33. The van der Waals surface area contributed by atoms with Crippen LogP contribution in [-0.4, -0.2) is 25.2 Å². The van der Waals surface area contributed by atoms with Crippen LogP contribution in [0, 0.1) is 0 Å². The number of hydrogen-bond acceptors (Lipinski definition) is 5. The maximum Gasteiger partial charge on any atom is 0.185 e. The van der Waals surface area contributed by atoms with E-state index in [1.165, 1.54) is 5.56 Å². The van der Waals surface area contributed by atoms with E-state index in [4.69, 9.17) is 9.72 Å². The predicted molar refractivity (Wildman–Crippen MR) is 82.6 cm³/mol. The van der Waals surface area contributed by atoms with Gasteiger partial charge in [-0.2, -0.15) is 0 Å². The lowest BCUT2D eigenvalue weighted by atomic mass is 10.2. The first-order valence-electron chi connectivity index (χ1n) is 6.86. The van der Waals surface area contributed by atoms with Gasteiger partial charge >= 0.3 is 0 Å². The molecule has 2 aromatic rings. The lowest BCUT2D eigenvalue weighted by Crippen LogP contribution is -2.25. The Labute approximate surface area is 123 Å². The van der Waals surface area contributed by atoms with Gasteiger partial charge in [-0.05, 0) is 20.0 Å². The number of nitrogens with zero attached hydrogens (tertiary/aromatic N) is 2. The Bertz CT molecular complexity index is 584. The van der Waals surface area contributed by atoms with Crippen LogP contribution in [-0.2, 0) is 6.54 Å². The summed E-state index contributed by atoms with van der Waals surface area (Å²) in [6, 6.07) is 8.52. The fraction of sp³-hybridized carbons (Fsp3) is 0.400. The smallest absolute Gasteiger partial charge is 0.185 e. The van der Waals surface area contributed by atoms with E-state index in [-0.39, 0.29) is 6.04 Å². The van der Waals surface area contributed by atoms with E-state index < -0.39 is 0 Å². The zero-order chi connectivity index (χ0) is 13.9. The average molecular weight is 289 g/mol. The first-order valence-corrected chi connectivity index (χ1v) is 7.74. The van der Waals surface area contributed by atoms with Gasteiger partial charge in [-0.15, -0.1) is 11.3 Å². The highest BCUT2D eigenvalue weighted by atomic mass is 32.1. The second kappa shape index (κ2) is 5.81. The number of para-hydroxylation sites is 1. The SMILES string of the molecule is CNC(C)c1csc(N2CCOc3ccccc3C2)n1. The van der Waals surface area contributed by atoms with Gasteiger partial charge in [0.25, 0.3) is 0 Å². The van der Waals surface area contributed by atoms with Gasteiger partial charge in [0.15, 0.2) is 5.13 Å². The van der Waals surface area contributed by atoms with Crippen LogP contribution < -0.4 is 15.0 Å². The molecule has 0 fully saturated rings. The second-order valence-electron chi connectivity index (χ2n) is 4.94. The molecule has 0 amide bonds. The summed E-state index contributed by atoms with van der Waals surface area (Å²) in [5, 5.41) is 6.43. The average Bonchev–Trinajstić information content (AvgIpc) is 2.87. The molecular formula is C15H19N3OS. The monoisotopic (exact) mass is 289 g/mol. The van der Waals surface area contributed by atoms with Gasteiger partial charge in [-0.25, -0.2) is 4.98 Å². The Morgan fingerprint density at radius 2 is 2.25 bits per heavy atom. The molecule has 20 heavy (non-hydrogen) atoms. The number of thiazole rings is 1. The minimum atomic E-state index is 0.288. The van der Waals surface area contributed by atoms with E-state index in [1.54, 1.807) is 11.3 Å². The standard InChI is InChI=1S/C15H19N3OS/c1-11(16-2)13-10-20-15(17-13)18-7-8-19-14-6-4-3-5-12(14)9-18/h3-6,10-11,16H,7-9H2,1-2H3. The molecule has 1 aromatic heterocycles. The molecule has 1 aliphatic heterocycles. The summed E-state index contributed by atoms with van der Waals surface area (Å²) in [4.78, 5) is 7.04. The van der Waals surface area contributed by atoms with Crippen LogP contribution in [0.15, 0.2) is 29.6 Å². The van der Waals surface area contributed by atoms with Crippen molar-refractivity contribution in [3.05, 3.63) is 40.9 Å². The van der Waals surface area contributed by atoms with Crippen LogP contribution in [0.5, 0.6) is 5.75 Å². The van der Waals surface area contributed by atoms with Crippen molar-refractivity contribution in [3.63, 3.8) is 0 Å². The highest BCUT2D eigenvalue weighted by molar-refractivity contribution is 7.13. The van der Waals surface area contributed by atoms with Crippen molar-refractivity contribution in [1.82, 2.24) is 10.3 Å². The van der Waals surface area contributed by atoms with Crippen LogP contribution in [0.1, 0.15) is 24.2 Å². The zero-order valence-electron chi connectivity index (χ0n) is 11.8. The quantitative estimate of drug-likeness (QED) is 0.943. The van der Waals surface area contributed by atoms with E-state index in [0.29, 0.717) is 6.61 Å². The normalized spacial score (nSPS) is 16.2. The molecule has 0 saturated heterocycles. The van der Waals surface area contributed by atoms with E-state index >= 15 is 0 Å². The lowest BCUT2D eigenvalue weighted by molar-refractivity contribution is 0.331. The van der Waals surface area contributed by atoms with Gasteiger partial charge in [-0.3, -0.25) is 0 Å². The first kappa shape index (κ1) is 13.4. The van der Waals surface area contributed by atoms with Crippen LogP contribution in [0.4, 0.5) is 5.13 Å². The molecule has 0 bridgehead atoms. The summed E-state index contributed by atoms with van der Waals surface area (Å²) in [6.07, 6.45) is 0. The van der Waals surface area contributed by atoms with Crippen LogP contribution in [0.3, 0.4) is 0 Å². The Kier molecular flexibility index (Phi) is 3.89. The third-order valence-corrected chi connectivity index (χ3v) is 4.53. The van der Waals surface area contributed by atoms with Crippen molar-refractivity contribution in [3.8, 4) is 5.75 Å². The van der Waals surface area contributed by atoms with Crippen molar-refractivity contribution < 1.29 is 4.74 Å². The number of rotatable bonds is 3. The van der Waals surface area contributed by atoms with Crippen molar-refractivity contribution >= 4 is 16.5 Å². The summed E-state index contributed by atoms with van der Waals surface area (Å²) in [6.45, 7) is 4.56. The van der Waals surface area contributed by atoms with Crippen LogP contribution in [0.2, 0.25) is 0 Å². The van der Waals surface area contributed by atoms with Crippen LogP contribution >= 0.6 is 11.3 Å². The van der Waals surface area contributed by atoms with Crippen molar-refractivity contribution in [2.45, 2.75) is 19.5 Å². The number of fused-ring (bicyclic) bond motifs is 1. The largest absolute Gasteiger partial charge is 0.491 e. The Balaban J connectivity index is 1.82. The number of ether oxygens (including phenoxy) is 1. The van der Waals surface area contributed by atoms with E-state index in [0.717, 1.165) is 29.7 Å². The lowest BCUT2D eigenvalue weighted by Gasteiger charge is -2.18. The molecule has 3 rings (SSSR count). The molecule has 1 N–H and O–H groups in total. The molecule has 106 valence electrons.